The van der Waals surface area contributed by atoms with Crippen molar-refractivity contribution in [1.82, 2.24) is 4.90 Å². The Labute approximate surface area is 175 Å². The molecule has 30 heavy (non-hydrogen) atoms. The number of furan rings is 1. The summed E-state index contributed by atoms with van der Waals surface area (Å²) in [4.78, 5) is 27.8. The Kier molecular flexibility index (Phi) is 4.65. The van der Waals surface area contributed by atoms with Crippen LogP contribution < -0.4 is 4.74 Å². The predicted molar refractivity (Wildman–Crippen MR) is 110 cm³/mol. The number of carbonyl (C=O) groups is 2. The lowest BCUT2D eigenvalue weighted by Gasteiger charge is -2.29. The Balaban J connectivity index is 1.64. The van der Waals surface area contributed by atoms with Gasteiger partial charge in [0.25, 0.3) is 11.7 Å². The molecule has 6 nitrogen and oxygen atoms in total. The molecule has 1 N–H and O–H groups in total. The van der Waals surface area contributed by atoms with Crippen molar-refractivity contribution in [3.8, 4) is 5.75 Å². The monoisotopic (exact) mass is 407 g/mol. The molecule has 0 spiro atoms. The molecule has 1 atom stereocenters. The maximum Gasteiger partial charge on any atom is 0.296 e. The molecule has 1 saturated carbocycles. The molecule has 3 aliphatic rings. The van der Waals surface area contributed by atoms with Gasteiger partial charge in [0.1, 0.15) is 29.1 Å². The largest absolute Gasteiger partial charge is 0.507 e. The van der Waals surface area contributed by atoms with E-state index >= 15 is 0 Å². The van der Waals surface area contributed by atoms with Crippen LogP contribution in [0.1, 0.15) is 60.8 Å². The average Bonchev–Trinajstić information content (AvgIpc) is 3.48. The highest BCUT2D eigenvalue weighted by Crippen LogP contribution is 2.44. The fraction of sp³-hybridized carbons (Fsp3) is 0.417. The normalized spacial score (nSPS) is 23.6. The summed E-state index contributed by atoms with van der Waals surface area (Å²) in [6, 6.07) is 8.32. The molecule has 0 bridgehead atoms. The van der Waals surface area contributed by atoms with Crippen LogP contribution in [0, 0.1) is 6.92 Å². The van der Waals surface area contributed by atoms with Crippen LogP contribution in [-0.2, 0) is 16.0 Å². The average molecular weight is 407 g/mol. The first-order valence-corrected chi connectivity index (χ1v) is 10.7. The zero-order valence-corrected chi connectivity index (χ0v) is 17.0. The molecule has 1 aromatic heterocycles. The van der Waals surface area contributed by atoms with E-state index in [9.17, 15) is 14.7 Å². The van der Waals surface area contributed by atoms with Crippen LogP contribution in [0.2, 0.25) is 0 Å². The van der Waals surface area contributed by atoms with Gasteiger partial charge in [0, 0.05) is 11.6 Å². The number of carbonyl (C=O) groups excluding carboxylic acids is 2. The number of ketones is 1. The molecule has 1 aliphatic carbocycles. The second-order valence-corrected chi connectivity index (χ2v) is 8.37. The summed E-state index contributed by atoms with van der Waals surface area (Å²) in [5.41, 5.74) is 1.63. The van der Waals surface area contributed by atoms with Gasteiger partial charge in [-0.15, -0.1) is 0 Å². The number of hydrogen-bond acceptors (Lipinski definition) is 5. The summed E-state index contributed by atoms with van der Waals surface area (Å²) in [6.45, 7) is 2.51. The molecular weight excluding hydrogens is 382 g/mol. The number of benzene rings is 1. The van der Waals surface area contributed by atoms with Crippen molar-refractivity contribution < 1.29 is 23.8 Å². The number of amides is 1. The SMILES string of the molecule is Cc1ccc(C2/C(=C(/O)c3ccc4c(c3)CCCO4)C(=O)C(=O)N2C2CCCC2)o1. The molecule has 156 valence electrons. The van der Waals surface area contributed by atoms with Gasteiger partial charge in [-0.05, 0) is 68.5 Å². The number of aliphatic hydroxyl groups is 1. The van der Waals surface area contributed by atoms with E-state index in [1.54, 1.807) is 17.0 Å². The lowest BCUT2D eigenvalue weighted by Crippen LogP contribution is -2.37. The van der Waals surface area contributed by atoms with Crippen molar-refractivity contribution in [2.45, 2.75) is 57.5 Å². The Morgan fingerprint density at radius 2 is 1.90 bits per heavy atom. The fourth-order valence-electron chi connectivity index (χ4n) is 4.95. The van der Waals surface area contributed by atoms with Crippen molar-refractivity contribution >= 4 is 17.4 Å². The first kappa shape index (κ1) is 19.0. The second-order valence-electron chi connectivity index (χ2n) is 8.37. The van der Waals surface area contributed by atoms with Gasteiger partial charge in [0.15, 0.2) is 0 Å². The zero-order valence-electron chi connectivity index (χ0n) is 17.0. The molecule has 0 radical (unpaired) electrons. The van der Waals surface area contributed by atoms with Gasteiger partial charge in [-0.1, -0.05) is 12.8 Å². The summed E-state index contributed by atoms with van der Waals surface area (Å²) in [5.74, 6) is 0.675. The summed E-state index contributed by atoms with van der Waals surface area (Å²) in [6.07, 6.45) is 5.55. The van der Waals surface area contributed by atoms with Crippen molar-refractivity contribution in [1.29, 1.82) is 0 Å². The minimum Gasteiger partial charge on any atom is -0.507 e. The Morgan fingerprint density at radius 3 is 2.63 bits per heavy atom. The predicted octanol–water partition coefficient (Wildman–Crippen LogP) is 4.28. The van der Waals surface area contributed by atoms with Crippen molar-refractivity contribution in [3.05, 3.63) is 58.6 Å². The van der Waals surface area contributed by atoms with Crippen LogP contribution in [0.25, 0.3) is 5.76 Å². The van der Waals surface area contributed by atoms with E-state index in [4.69, 9.17) is 9.15 Å². The van der Waals surface area contributed by atoms with Gasteiger partial charge in [0.05, 0.1) is 12.2 Å². The highest BCUT2D eigenvalue weighted by atomic mass is 16.5. The molecule has 2 aliphatic heterocycles. The number of likely N-dealkylation sites (tertiary alicyclic amines) is 1. The minimum atomic E-state index is -0.700. The Morgan fingerprint density at radius 1 is 1.10 bits per heavy atom. The highest BCUT2D eigenvalue weighted by molar-refractivity contribution is 6.46. The number of nitrogens with zero attached hydrogens (tertiary/aromatic N) is 1. The Bertz CT molecular complexity index is 1040. The smallest absolute Gasteiger partial charge is 0.296 e. The van der Waals surface area contributed by atoms with Crippen LogP contribution >= 0.6 is 0 Å². The summed E-state index contributed by atoms with van der Waals surface area (Å²) in [5, 5.41) is 11.2. The van der Waals surface area contributed by atoms with E-state index in [1.807, 2.05) is 25.1 Å². The zero-order chi connectivity index (χ0) is 20.8. The third-order valence-electron chi connectivity index (χ3n) is 6.41. The Hall–Kier alpha value is -3.02. The molecule has 2 fully saturated rings. The van der Waals surface area contributed by atoms with Crippen molar-refractivity contribution in [3.63, 3.8) is 0 Å². The molecule has 3 heterocycles. The molecule has 1 amide bonds. The first-order chi connectivity index (χ1) is 14.5. The molecule has 2 aromatic rings. The second kappa shape index (κ2) is 7.35. The van der Waals surface area contributed by atoms with Gasteiger partial charge >= 0.3 is 0 Å². The van der Waals surface area contributed by atoms with Gasteiger partial charge in [-0.2, -0.15) is 0 Å². The van der Waals surface area contributed by atoms with Crippen LogP contribution in [-0.4, -0.2) is 34.3 Å². The first-order valence-electron chi connectivity index (χ1n) is 10.7. The maximum atomic E-state index is 13.1. The number of ether oxygens (including phenoxy) is 1. The van der Waals surface area contributed by atoms with Crippen LogP contribution in [0.4, 0.5) is 0 Å². The van der Waals surface area contributed by atoms with Gasteiger partial charge in [0.2, 0.25) is 0 Å². The van der Waals surface area contributed by atoms with Gasteiger partial charge in [-0.25, -0.2) is 0 Å². The number of aryl methyl sites for hydroxylation is 2. The third-order valence-corrected chi connectivity index (χ3v) is 6.41. The van der Waals surface area contributed by atoms with Gasteiger partial charge < -0.3 is 19.2 Å². The number of aliphatic hydroxyl groups excluding tert-OH is 1. The van der Waals surface area contributed by atoms with Crippen LogP contribution in [0.3, 0.4) is 0 Å². The van der Waals surface area contributed by atoms with Crippen LogP contribution in [0.5, 0.6) is 5.75 Å². The van der Waals surface area contributed by atoms with Gasteiger partial charge in [-0.3, -0.25) is 9.59 Å². The summed E-state index contributed by atoms with van der Waals surface area (Å²) < 4.78 is 11.5. The lowest BCUT2D eigenvalue weighted by molar-refractivity contribution is -0.141. The maximum absolute atomic E-state index is 13.1. The summed E-state index contributed by atoms with van der Waals surface area (Å²) >= 11 is 0. The van der Waals surface area contributed by atoms with E-state index < -0.39 is 17.7 Å². The summed E-state index contributed by atoms with van der Waals surface area (Å²) in [7, 11) is 0. The minimum absolute atomic E-state index is 0.0147. The molecule has 1 aromatic carbocycles. The molecule has 1 saturated heterocycles. The molecule has 1 unspecified atom stereocenters. The molecular formula is C24H25NO5. The van der Waals surface area contributed by atoms with Crippen molar-refractivity contribution in [2.24, 2.45) is 0 Å². The van der Waals surface area contributed by atoms with E-state index in [1.165, 1.54) is 0 Å². The highest BCUT2D eigenvalue weighted by Gasteiger charge is 2.50. The quantitative estimate of drug-likeness (QED) is 0.467. The molecule has 6 heteroatoms. The standard InChI is InChI=1S/C24H25NO5/c1-14-8-10-19(30-14)21-20(23(27)24(28)25(21)17-6-2-3-7-17)22(26)16-9-11-18-15(13-16)5-4-12-29-18/h8-11,13,17,21,26H,2-7,12H2,1H3/b22-20-. The topological polar surface area (TPSA) is 80.0 Å². The van der Waals surface area contributed by atoms with E-state index in [0.717, 1.165) is 49.8 Å². The van der Waals surface area contributed by atoms with Crippen molar-refractivity contribution in [2.75, 3.05) is 6.61 Å². The van der Waals surface area contributed by atoms with Crippen LogP contribution in [0.15, 0.2) is 40.3 Å². The number of rotatable bonds is 3. The van der Waals surface area contributed by atoms with E-state index in [0.29, 0.717) is 23.7 Å². The number of fused-ring (bicyclic) bond motifs is 1. The number of Topliss-reactive ketones (excluding diaryl/α,β-unsaturated/α-hetero) is 1. The third kappa shape index (κ3) is 3.02. The van der Waals surface area contributed by atoms with E-state index in [2.05, 4.69) is 0 Å². The van der Waals surface area contributed by atoms with E-state index in [-0.39, 0.29) is 17.4 Å². The molecule has 5 rings (SSSR count). The number of hydrogen-bond donors (Lipinski definition) is 1. The lowest BCUT2D eigenvalue weighted by atomic mass is 9.96. The fourth-order valence-corrected chi connectivity index (χ4v) is 4.95.